The SMILES string of the molecule is O=c1[nH]c(Nc2ccc(F)c(Cl)c2)nnc1-c1ccccc1. The predicted octanol–water partition coefficient (Wildman–Crippen LogP) is 3.37. The fraction of sp³-hybridized carbons (Fsp3) is 0. The Morgan fingerprint density at radius 2 is 1.86 bits per heavy atom. The monoisotopic (exact) mass is 316 g/mol. The number of halogens is 2. The van der Waals surface area contributed by atoms with Crippen molar-refractivity contribution in [1.82, 2.24) is 15.2 Å². The van der Waals surface area contributed by atoms with Crippen LogP contribution in [-0.2, 0) is 0 Å². The molecule has 0 atom stereocenters. The maximum Gasteiger partial charge on any atom is 0.279 e. The molecule has 0 fully saturated rings. The van der Waals surface area contributed by atoms with Crippen LogP contribution in [0.15, 0.2) is 53.3 Å². The number of aromatic amines is 1. The van der Waals surface area contributed by atoms with Gasteiger partial charge in [0.05, 0.1) is 5.02 Å². The topological polar surface area (TPSA) is 70.7 Å². The van der Waals surface area contributed by atoms with Crippen LogP contribution >= 0.6 is 11.6 Å². The zero-order chi connectivity index (χ0) is 15.5. The van der Waals surface area contributed by atoms with E-state index < -0.39 is 5.82 Å². The van der Waals surface area contributed by atoms with Gasteiger partial charge in [-0.3, -0.25) is 9.78 Å². The van der Waals surface area contributed by atoms with Gasteiger partial charge in [-0.15, -0.1) is 10.2 Å². The lowest BCUT2D eigenvalue weighted by atomic mass is 10.2. The van der Waals surface area contributed by atoms with E-state index in [0.717, 1.165) is 0 Å². The molecule has 0 saturated heterocycles. The van der Waals surface area contributed by atoms with Gasteiger partial charge in [0.2, 0.25) is 5.95 Å². The molecule has 0 aliphatic rings. The molecule has 1 aromatic heterocycles. The van der Waals surface area contributed by atoms with Crippen molar-refractivity contribution >= 4 is 23.2 Å². The third kappa shape index (κ3) is 2.96. The van der Waals surface area contributed by atoms with Crippen LogP contribution < -0.4 is 10.9 Å². The zero-order valence-corrected chi connectivity index (χ0v) is 11.9. The molecule has 3 aromatic rings. The summed E-state index contributed by atoms with van der Waals surface area (Å²) in [5.41, 5.74) is 1.01. The molecule has 2 aromatic carbocycles. The van der Waals surface area contributed by atoms with E-state index >= 15 is 0 Å². The lowest BCUT2D eigenvalue weighted by Gasteiger charge is -2.06. The van der Waals surface area contributed by atoms with Crippen LogP contribution in [-0.4, -0.2) is 15.2 Å². The first-order valence-corrected chi connectivity index (χ1v) is 6.76. The summed E-state index contributed by atoms with van der Waals surface area (Å²) in [4.78, 5) is 14.6. The van der Waals surface area contributed by atoms with Gasteiger partial charge < -0.3 is 5.32 Å². The maximum atomic E-state index is 13.1. The number of H-pyrrole nitrogens is 1. The minimum Gasteiger partial charge on any atom is -0.324 e. The summed E-state index contributed by atoms with van der Waals surface area (Å²) in [5.74, 6) is -0.376. The van der Waals surface area contributed by atoms with Gasteiger partial charge in [-0.2, -0.15) is 0 Å². The molecule has 0 unspecified atom stereocenters. The Labute approximate surface area is 129 Å². The molecule has 7 heteroatoms. The normalized spacial score (nSPS) is 10.5. The lowest BCUT2D eigenvalue weighted by molar-refractivity contribution is 0.628. The Bertz CT molecular complexity index is 867. The second kappa shape index (κ2) is 5.95. The van der Waals surface area contributed by atoms with Crippen LogP contribution in [0.2, 0.25) is 5.02 Å². The average molecular weight is 317 g/mol. The van der Waals surface area contributed by atoms with E-state index in [9.17, 15) is 9.18 Å². The highest BCUT2D eigenvalue weighted by molar-refractivity contribution is 6.31. The third-order valence-corrected chi connectivity index (χ3v) is 3.22. The Morgan fingerprint density at radius 3 is 2.55 bits per heavy atom. The largest absolute Gasteiger partial charge is 0.324 e. The summed E-state index contributed by atoms with van der Waals surface area (Å²) in [6.07, 6.45) is 0. The van der Waals surface area contributed by atoms with Gasteiger partial charge in [-0.1, -0.05) is 41.9 Å². The van der Waals surface area contributed by atoms with E-state index in [4.69, 9.17) is 11.6 Å². The molecule has 0 saturated carbocycles. The van der Waals surface area contributed by atoms with Crippen molar-refractivity contribution in [2.75, 3.05) is 5.32 Å². The Hall–Kier alpha value is -2.73. The number of nitrogens with zero attached hydrogens (tertiary/aromatic N) is 2. The highest BCUT2D eigenvalue weighted by Crippen LogP contribution is 2.21. The Morgan fingerprint density at radius 1 is 1.09 bits per heavy atom. The van der Waals surface area contributed by atoms with Gasteiger partial charge >= 0.3 is 0 Å². The molecule has 0 radical (unpaired) electrons. The first kappa shape index (κ1) is 14.2. The number of anilines is 2. The predicted molar refractivity (Wildman–Crippen MR) is 82.8 cm³/mol. The highest BCUT2D eigenvalue weighted by atomic mass is 35.5. The molecule has 2 N–H and O–H groups in total. The molecule has 0 aliphatic carbocycles. The molecule has 5 nitrogen and oxygen atoms in total. The van der Waals surface area contributed by atoms with E-state index in [2.05, 4.69) is 20.5 Å². The van der Waals surface area contributed by atoms with E-state index in [1.165, 1.54) is 18.2 Å². The van der Waals surface area contributed by atoms with E-state index in [0.29, 0.717) is 11.3 Å². The summed E-state index contributed by atoms with van der Waals surface area (Å²) in [7, 11) is 0. The molecular weight excluding hydrogens is 307 g/mol. The molecule has 22 heavy (non-hydrogen) atoms. The average Bonchev–Trinajstić information content (AvgIpc) is 2.52. The summed E-state index contributed by atoms with van der Waals surface area (Å²) >= 11 is 5.69. The van der Waals surface area contributed by atoms with Crippen LogP contribution in [0, 0.1) is 5.82 Å². The van der Waals surface area contributed by atoms with Crippen molar-refractivity contribution < 1.29 is 4.39 Å². The van der Waals surface area contributed by atoms with Gasteiger partial charge in [0.15, 0.2) is 5.69 Å². The second-order valence-electron chi connectivity index (χ2n) is 4.47. The highest BCUT2D eigenvalue weighted by Gasteiger charge is 2.08. The van der Waals surface area contributed by atoms with E-state index in [1.807, 2.05) is 18.2 Å². The number of rotatable bonds is 3. The number of nitrogens with one attached hydrogen (secondary N) is 2. The number of hydrogen-bond donors (Lipinski definition) is 2. The maximum absolute atomic E-state index is 13.1. The molecule has 0 spiro atoms. The number of benzene rings is 2. The van der Waals surface area contributed by atoms with E-state index in [-0.39, 0.29) is 22.2 Å². The van der Waals surface area contributed by atoms with Gasteiger partial charge in [0, 0.05) is 11.3 Å². The number of hydrogen-bond acceptors (Lipinski definition) is 4. The smallest absolute Gasteiger partial charge is 0.279 e. The summed E-state index contributed by atoms with van der Waals surface area (Å²) in [5, 5.41) is 10.6. The first-order valence-electron chi connectivity index (χ1n) is 6.38. The Balaban J connectivity index is 1.89. The van der Waals surface area contributed by atoms with Gasteiger partial charge in [0.1, 0.15) is 5.82 Å². The molecule has 110 valence electrons. The van der Waals surface area contributed by atoms with Gasteiger partial charge in [0.25, 0.3) is 5.56 Å². The summed E-state index contributed by atoms with van der Waals surface area (Å²) in [6, 6.07) is 13.1. The molecule has 3 rings (SSSR count). The fourth-order valence-corrected chi connectivity index (χ4v) is 2.07. The van der Waals surface area contributed by atoms with Crippen LogP contribution in [0.25, 0.3) is 11.3 Å². The number of aromatic nitrogens is 3. The van der Waals surface area contributed by atoms with Crippen molar-refractivity contribution in [2.45, 2.75) is 0 Å². The van der Waals surface area contributed by atoms with Crippen LogP contribution in [0.5, 0.6) is 0 Å². The van der Waals surface area contributed by atoms with Gasteiger partial charge in [-0.05, 0) is 18.2 Å². The third-order valence-electron chi connectivity index (χ3n) is 2.93. The quantitative estimate of drug-likeness (QED) is 0.777. The first-order chi connectivity index (χ1) is 10.6. The van der Waals surface area contributed by atoms with Crippen LogP contribution in [0.3, 0.4) is 0 Å². The van der Waals surface area contributed by atoms with E-state index in [1.54, 1.807) is 12.1 Å². The van der Waals surface area contributed by atoms with Crippen molar-refractivity contribution in [2.24, 2.45) is 0 Å². The fourth-order valence-electron chi connectivity index (χ4n) is 1.89. The van der Waals surface area contributed by atoms with Crippen molar-refractivity contribution in [3.8, 4) is 11.3 Å². The van der Waals surface area contributed by atoms with Crippen molar-refractivity contribution in [1.29, 1.82) is 0 Å². The van der Waals surface area contributed by atoms with Gasteiger partial charge in [-0.25, -0.2) is 4.39 Å². The Kier molecular flexibility index (Phi) is 3.84. The summed E-state index contributed by atoms with van der Waals surface area (Å²) < 4.78 is 13.1. The molecular formula is C15H10ClFN4O. The van der Waals surface area contributed by atoms with Crippen LogP contribution in [0.1, 0.15) is 0 Å². The molecule has 0 amide bonds. The molecule has 0 aliphatic heterocycles. The minimum atomic E-state index is -0.522. The second-order valence-corrected chi connectivity index (χ2v) is 4.88. The minimum absolute atomic E-state index is 0.0267. The standard InChI is InChI=1S/C15H10ClFN4O/c16-11-8-10(6-7-12(11)17)18-15-19-14(22)13(20-21-15)9-4-2-1-3-5-9/h1-8H,(H2,18,19,21,22). The lowest BCUT2D eigenvalue weighted by Crippen LogP contribution is -2.15. The summed E-state index contributed by atoms with van der Waals surface area (Å²) in [6.45, 7) is 0. The molecule has 1 heterocycles. The molecule has 0 bridgehead atoms. The zero-order valence-electron chi connectivity index (χ0n) is 11.2. The van der Waals surface area contributed by atoms with Crippen LogP contribution in [0.4, 0.5) is 16.0 Å². The van der Waals surface area contributed by atoms with Crippen molar-refractivity contribution in [3.63, 3.8) is 0 Å². The van der Waals surface area contributed by atoms with Crippen molar-refractivity contribution in [3.05, 3.63) is 69.7 Å².